The minimum atomic E-state index is -0.142. The Balaban J connectivity index is 1.61. The molecular formula is C14H18ClN3O2. The molecule has 5 nitrogen and oxygen atoms in total. The van der Waals surface area contributed by atoms with Gasteiger partial charge in [0.15, 0.2) is 0 Å². The Morgan fingerprint density at radius 2 is 2.00 bits per heavy atom. The fraction of sp³-hybridized carbons (Fsp3) is 0.500. The molecule has 2 aliphatic rings. The van der Waals surface area contributed by atoms with Gasteiger partial charge >= 0.3 is 0 Å². The molecule has 1 aromatic carbocycles. The third-order valence-corrected chi connectivity index (χ3v) is 4.24. The molecule has 20 heavy (non-hydrogen) atoms. The number of piperazine rings is 1. The molecule has 3 rings (SSSR count). The Labute approximate surface area is 123 Å². The number of nitrogens with one attached hydrogen (secondary N) is 1. The van der Waals surface area contributed by atoms with Gasteiger partial charge in [0, 0.05) is 50.3 Å². The molecule has 0 atom stereocenters. The van der Waals surface area contributed by atoms with Crippen LogP contribution in [0.15, 0.2) is 18.2 Å². The number of hydrogen-bond donors (Lipinski definition) is 2. The number of likely N-dealkylation sites (tertiary alicyclic amines) is 1. The maximum Gasteiger partial charge on any atom is 0.257 e. The number of nitrogens with zero attached hydrogens (tertiary/aromatic N) is 2. The molecule has 108 valence electrons. The number of amides is 1. The van der Waals surface area contributed by atoms with Gasteiger partial charge in [-0.05, 0) is 18.2 Å². The van der Waals surface area contributed by atoms with Gasteiger partial charge in [-0.1, -0.05) is 11.6 Å². The molecular weight excluding hydrogens is 278 g/mol. The van der Waals surface area contributed by atoms with Crippen LogP contribution in [-0.2, 0) is 0 Å². The number of rotatable bonds is 2. The van der Waals surface area contributed by atoms with Crippen molar-refractivity contribution in [3.05, 3.63) is 28.8 Å². The molecule has 2 saturated heterocycles. The lowest BCUT2D eigenvalue weighted by Crippen LogP contribution is -2.63. The summed E-state index contributed by atoms with van der Waals surface area (Å²) in [7, 11) is 0. The van der Waals surface area contributed by atoms with Crippen LogP contribution < -0.4 is 5.32 Å². The Kier molecular flexibility index (Phi) is 3.83. The van der Waals surface area contributed by atoms with Crippen molar-refractivity contribution in [1.82, 2.24) is 15.1 Å². The molecule has 2 N–H and O–H groups in total. The number of benzene rings is 1. The summed E-state index contributed by atoms with van der Waals surface area (Å²) in [5.41, 5.74) is 0.288. The summed E-state index contributed by atoms with van der Waals surface area (Å²) in [4.78, 5) is 16.5. The van der Waals surface area contributed by atoms with Crippen molar-refractivity contribution in [2.45, 2.75) is 6.04 Å². The number of halogens is 1. The van der Waals surface area contributed by atoms with Crippen LogP contribution in [0, 0.1) is 0 Å². The van der Waals surface area contributed by atoms with Gasteiger partial charge < -0.3 is 15.3 Å². The van der Waals surface area contributed by atoms with E-state index in [1.807, 2.05) is 0 Å². The second kappa shape index (κ2) is 5.60. The average molecular weight is 296 g/mol. The minimum Gasteiger partial charge on any atom is -0.507 e. The van der Waals surface area contributed by atoms with Crippen LogP contribution >= 0.6 is 11.6 Å². The zero-order valence-electron chi connectivity index (χ0n) is 11.2. The van der Waals surface area contributed by atoms with E-state index < -0.39 is 0 Å². The zero-order chi connectivity index (χ0) is 14.1. The summed E-state index contributed by atoms with van der Waals surface area (Å²) in [6.07, 6.45) is 0. The number of carbonyl (C=O) groups excluding carboxylic acids is 1. The standard InChI is InChI=1S/C14H18ClN3O2/c15-10-1-2-13(19)12(7-10)14(20)18-8-11(9-18)17-5-3-16-4-6-17/h1-2,7,11,16,19H,3-6,8-9H2. The number of hydrogen-bond acceptors (Lipinski definition) is 4. The number of aromatic hydroxyl groups is 1. The van der Waals surface area contributed by atoms with E-state index in [9.17, 15) is 9.90 Å². The minimum absolute atomic E-state index is 0.00924. The lowest BCUT2D eigenvalue weighted by atomic mass is 10.0. The molecule has 0 radical (unpaired) electrons. The summed E-state index contributed by atoms with van der Waals surface area (Å²) >= 11 is 5.88. The monoisotopic (exact) mass is 295 g/mol. The molecule has 2 heterocycles. The van der Waals surface area contributed by atoms with E-state index in [4.69, 9.17) is 11.6 Å². The maximum absolute atomic E-state index is 12.3. The third-order valence-electron chi connectivity index (χ3n) is 4.01. The van der Waals surface area contributed by atoms with Crippen molar-refractivity contribution in [3.8, 4) is 5.75 Å². The predicted molar refractivity (Wildman–Crippen MR) is 77.3 cm³/mol. The summed E-state index contributed by atoms with van der Waals surface area (Å²) in [6, 6.07) is 5.01. The highest BCUT2D eigenvalue weighted by molar-refractivity contribution is 6.31. The van der Waals surface area contributed by atoms with E-state index >= 15 is 0 Å². The van der Waals surface area contributed by atoms with Gasteiger partial charge in [0.05, 0.1) is 5.56 Å². The molecule has 2 fully saturated rings. The van der Waals surface area contributed by atoms with Crippen LogP contribution in [0.5, 0.6) is 5.75 Å². The molecule has 0 unspecified atom stereocenters. The fourth-order valence-corrected chi connectivity index (χ4v) is 2.92. The van der Waals surface area contributed by atoms with Gasteiger partial charge in [-0.3, -0.25) is 9.69 Å². The highest BCUT2D eigenvalue weighted by Gasteiger charge is 2.36. The van der Waals surface area contributed by atoms with Crippen LogP contribution in [0.1, 0.15) is 10.4 Å². The molecule has 0 aromatic heterocycles. The average Bonchev–Trinajstić information content (AvgIpc) is 2.41. The molecule has 0 aliphatic carbocycles. The molecule has 0 bridgehead atoms. The first-order chi connectivity index (χ1) is 9.65. The van der Waals surface area contributed by atoms with Crippen molar-refractivity contribution < 1.29 is 9.90 Å². The van der Waals surface area contributed by atoms with Gasteiger partial charge in [-0.15, -0.1) is 0 Å². The van der Waals surface area contributed by atoms with Crippen LogP contribution in [0.2, 0.25) is 5.02 Å². The Bertz CT molecular complexity index is 511. The van der Waals surface area contributed by atoms with Gasteiger partial charge in [-0.25, -0.2) is 0 Å². The van der Waals surface area contributed by atoms with E-state index in [2.05, 4.69) is 10.2 Å². The van der Waals surface area contributed by atoms with E-state index in [-0.39, 0.29) is 17.2 Å². The number of phenols is 1. The van der Waals surface area contributed by atoms with Crippen LogP contribution in [0.4, 0.5) is 0 Å². The summed E-state index contributed by atoms with van der Waals surface area (Å²) in [5, 5.41) is 13.5. The summed E-state index contributed by atoms with van der Waals surface area (Å²) < 4.78 is 0. The lowest BCUT2D eigenvalue weighted by molar-refractivity contribution is 0.0225. The van der Waals surface area contributed by atoms with E-state index in [0.717, 1.165) is 39.3 Å². The normalized spacial score (nSPS) is 20.8. The van der Waals surface area contributed by atoms with E-state index in [1.165, 1.54) is 12.1 Å². The smallest absolute Gasteiger partial charge is 0.257 e. The highest BCUT2D eigenvalue weighted by Crippen LogP contribution is 2.26. The van der Waals surface area contributed by atoms with Gasteiger partial charge in [0.1, 0.15) is 5.75 Å². The Morgan fingerprint density at radius 1 is 1.30 bits per heavy atom. The quantitative estimate of drug-likeness (QED) is 0.846. The van der Waals surface area contributed by atoms with Crippen molar-refractivity contribution in [2.75, 3.05) is 39.3 Å². The highest BCUT2D eigenvalue weighted by atomic mass is 35.5. The molecule has 2 aliphatic heterocycles. The second-order valence-corrected chi connectivity index (χ2v) is 5.75. The van der Waals surface area contributed by atoms with Gasteiger partial charge in [-0.2, -0.15) is 0 Å². The molecule has 6 heteroatoms. The SMILES string of the molecule is O=C(c1cc(Cl)ccc1O)N1CC(N2CCNCC2)C1. The third kappa shape index (κ3) is 2.61. The van der Waals surface area contributed by atoms with Crippen molar-refractivity contribution >= 4 is 17.5 Å². The predicted octanol–water partition coefficient (Wildman–Crippen LogP) is 0.775. The van der Waals surface area contributed by atoms with E-state index in [0.29, 0.717) is 11.1 Å². The molecule has 0 spiro atoms. The summed E-state index contributed by atoms with van der Waals surface area (Å²) in [6.45, 7) is 5.55. The van der Waals surface area contributed by atoms with Crippen molar-refractivity contribution in [3.63, 3.8) is 0 Å². The second-order valence-electron chi connectivity index (χ2n) is 5.31. The molecule has 1 aromatic rings. The topological polar surface area (TPSA) is 55.8 Å². The first-order valence-corrected chi connectivity index (χ1v) is 7.25. The molecule has 1 amide bonds. The largest absolute Gasteiger partial charge is 0.507 e. The van der Waals surface area contributed by atoms with Crippen molar-refractivity contribution in [2.24, 2.45) is 0 Å². The van der Waals surface area contributed by atoms with Crippen molar-refractivity contribution in [1.29, 1.82) is 0 Å². The molecule has 0 saturated carbocycles. The first kappa shape index (κ1) is 13.7. The Hall–Kier alpha value is -1.30. The van der Waals surface area contributed by atoms with E-state index in [1.54, 1.807) is 11.0 Å². The van der Waals surface area contributed by atoms with Crippen LogP contribution in [0.3, 0.4) is 0 Å². The van der Waals surface area contributed by atoms with Crippen LogP contribution in [0.25, 0.3) is 0 Å². The fourth-order valence-electron chi connectivity index (χ4n) is 2.75. The van der Waals surface area contributed by atoms with Gasteiger partial charge in [0.2, 0.25) is 0 Å². The lowest BCUT2D eigenvalue weighted by Gasteiger charge is -2.46. The first-order valence-electron chi connectivity index (χ1n) is 6.88. The van der Waals surface area contributed by atoms with Gasteiger partial charge in [0.25, 0.3) is 5.91 Å². The maximum atomic E-state index is 12.3. The number of phenolic OH excluding ortho intramolecular Hbond substituents is 1. The zero-order valence-corrected chi connectivity index (χ0v) is 11.9. The summed E-state index contributed by atoms with van der Waals surface area (Å²) in [5.74, 6) is -0.151. The number of carbonyl (C=O) groups is 1. The Morgan fingerprint density at radius 3 is 2.70 bits per heavy atom. The van der Waals surface area contributed by atoms with Crippen LogP contribution in [-0.4, -0.2) is 66.1 Å².